The number of rotatable bonds is 9. The fraction of sp³-hybridized carbons (Fsp3) is 0.636. The van der Waals surface area contributed by atoms with Crippen molar-refractivity contribution >= 4 is 11.9 Å². The Hall–Kier alpha value is -1.48. The van der Waals surface area contributed by atoms with Gasteiger partial charge in [-0.1, -0.05) is 6.58 Å². The van der Waals surface area contributed by atoms with Crippen molar-refractivity contribution in [1.82, 2.24) is 0 Å². The van der Waals surface area contributed by atoms with Crippen LogP contribution in [0, 0.1) is 5.41 Å². The number of carboxylic acid groups (broad SMARTS) is 2. The Morgan fingerprint density at radius 1 is 1.00 bits per heavy atom. The zero-order chi connectivity index (χ0) is 15.2. The van der Waals surface area contributed by atoms with E-state index in [2.05, 4.69) is 6.58 Å². The Morgan fingerprint density at radius 3 is 1.58 bits per heavy atom. The summed E-state index contributed by atoms with van der Waals surface area (Å²) in [4.78, 5) is 22.3. The van der Waals surface area contributed by atoms with Crippen LogP contribution < -0.4 is 0 Å². The highest BCUT2D eigenvalue weighted by molar-refractivity contribution is 5.96. The molecule has 6 N–H and O–H groups in total. The van der Waals surface area contributed by atoms with Crippen molar-refractivity contribution in [1.29, 1.82) is 0 Å². The highest BCUT2D eigenvalue weighted by Gasteiger charge is 2.47. The molecule has 110 valence electrons. The zero-order valence-corrected chi connectivity index (χ0v) is 10.2. The van der Waals surface area contributed by atoms with Gasteiger partial charge < -0.3 is 30.6 Å². The molecule has 0 fully saturated rings. The lowest BCUT2D eigenvalue weighted by molar-refractivity contribution is -0.154. The topological polar surface area (TPSA) is 156 Å². The molecule has 0 aromatic heterocycles. The zero-order valence-electron chi connectivity index (χ0n) is 10.2. The largest absolute Gasteiger partial charge is 0.481 e. The molecule has 0 bridgehead atoms. The van der Waals surface area contributed by atoms with Crippen LogP contribution in [0.4, 0.5) is 0 Å². The Bertz CT molecular complexity index is 339. The van der Waals surface area contributed by atoms with Crippen LogP contribution >= 0.6 is 0 Å². The normalized spacial score (nSPS) is 17.3. The summed E-state index contributed by atoms with van der Waals surface area (Å²) in [6, 6.07) is 0. The van der Waals surface area contributed by atoms with E-state index in [9.17, 15) is 24.9 Å². The van der Waals surface area contributed by atoms with Crippen molar-refractivity contribution in [2.45, 2.75) is 25.0 Å². The van der Waals surface area contributed by atoms with Crippen LogP contribution in [-0.2, 0) is 9.59 Å². The number of aliphatic hydroxyl groups is 4. The third kappa shape index (κ3) is 4.28. The Morgan fingerprint density at radius 2 is 1.37 bits per heavy atom. The molecule has 0 radical (unpaired) electrons. The molecule has 0 aliphatic carbocycles. The van der Waals surface area contributed by atoms with E-state index >= 15 is 0 Å². The Labute approximate surface area is 109 Å². The first-order valence-electron chi connectivity index (χ1n) is 5.45. The second-order valence-electron chi connectivity index (χ2n) is 4.25. The van der Waals surface area contributed by atoms with Crippen molar-refractivity contribution in [3.05, 3.63) is 12.2 Å². The summed E-state index contributed by atoms with van der Waals surface area (Å²) < 4.78 is 0. The molecule has 2 atom stereocenters. The maximum Gasteiger partial charge on any atom is 0.332 e. The van der Waals surface area contributed by atoms with Gasteiger partial charge in [-0.25, -0.2) is 4.79 Å². The lowest BCUT2D eigenvalue weighted by Gasteiger charge is -2.32. The van der Waals surface area contributed by atoms with Gasteiger partial charge in [0.15, 0.2) is 0 Å². The van der Waals surface area contributed by atoms with E-state index in [1.165, 1.54) is 0 Å². The second kappa shape index (κ2) is 7.19. The molecule has 0 saturated heterocycles. The third-order valence-corrected chi connectivity index (χ3v) is 2.83. The van der Waals surface area contributed by atoms with Crippen molar-refractivity contribution in [2.24, 2.45) is 5.41 Å². The maximum atomic E-state index is 11.4. The van der Waals surface area contributed by atoms with Gasteiger partial charge in [0.1, 0.15) is 5.41 Å². The summed E-state index contributed by atoms with van der Waals surface area (Å²) in [5.74, 6) is -3.21. The van der Waals surface area contributed by atoms with Gasteiger partial charge in [0.2, 0.25) is 0 Å². The molecule has 0 aliphatic heterocycles. The minimum Gasteiger partial charge on any atom is -0.481 e. The fourth-order valence-electron chi connectivity index (χ4n) is 1.77. The number of carboxylic acids is 2. The average molecular weight is 278 g/mol. The molecule has 0 aromatic rings. The van der Waals surface area contributed by atoms with E-state index in [0.717, 1.165) is 0 Å². The Kier molecular flexibility index (Phi) is 6.63. The highest BCUT2D eigenvalue weighted by Crippen LogP contribution is 2.37. The number of hydrogen-bond acceptors (Lipinski definition) is 6. The molecule has 0 aromatic carbocycles. The lowest BCUT2D eigenvalue weighted by Crippen LogP contribution is -2.43. The van der Waals surface area contributed by atoms with Gasteiger partial charge in [0, 0.05) is 5.57 Å². The quantitative estimate of drug-likeness (QED) is 0.269. The van der Waals surface area contributed by atoms with Gasteiger partial charge in [-0.15, -0.1) is 0 Å². The van der Waals surface area contributed by atoms with E-state index in [1.54, 1.807) is 0 Å². The van der Waals surface area contributed by atoms with Crippen LogP contribution in [-0.4, -0.2) is 68.0 Å². The molecular formula is C11H18O8. The van der Waals surface area contributed by atoms with Crippen LogP contribution in [0.1, 0.15) is 12.8 Å². The molecule has 2 unspecified atom stereocenters. The summed E-state index contributed by atoms with van der Waals surface area (Å²) in [6.45, 7) is 1.62. The van der Waals surface area contributed by atoms with Crippen molar-refractivity contribution in [3.8, 4) is 0 Å². The predicted octanol–water partition coefficient (Wildman–Crippen LogP) is -1.82. The molecule has 19 heavy (non-hydrogen) atoms. The second-order valence-corrected chi connectivity index (χ2v) is 4.25. The monoisotopic (exact) mass is 278 g/mol. The minimum atomic E-state index is -2.17. The number of aliphatic carboxylic acids is 2. The molecular weight excluding hydrogens is 260 g/mol. The van der Waals surface area contributed by atoms with E-state index in [0.29, 0.717) is 0 Å². The summed E-state index contributed by atoms with van der Waals surface area (Å²) in [7, 11) is 0. The first kappa shape index (κ1) is 17.5. The molecule has 0 aliphatic rings. The maximum absolute atomic E-state index is 11.4. The van der Waals surface area contributed by atoms with Gasteiger partial charge in [0.25, 0.3) is 0 Å². The molecule has 8 heteroatoms. The molecule has 8 nitrogen and oxygen atoms in total. The van der Waals surface area contributed by atoms with Gasteiger partial charge in [-0.05, 0) is 12.8 Å². The summed E-state index contributed by atoms with van der Waals surface area (Å²) in [5, 5.41) is 54.4. The number of aliphatic hydroxyl groups excluding tert-OH is 4. The van der Waals surface area contributed by atoms with E-state index in [-0.39, 0.29) is 0 Å². The van der Waals surface area contributed by atoms with Crippen LogP contribution in [0.25, 0.3) is 0 Å². The first-order chi connectivity index (χ1) is 8.71. The number of hydrogen-bond donors (Lipinski definition) is 6. The predicted molar refractivity (Wildman–Crippen MR) is 62.3 cm³/mol. The molecule has 0 spiro atoms. The van der Waals surface area contributed by atoms with Gasteiger partial charge in [-0.2, -0.15) is 0 Å². The van der Waals surface area contributed by atoms with Crippen LogP contribution in [0.2, 0.25) is 0 Å². The van der Waals surface area contributed by atoms with Crippen molar-refractivity contribution < 1.29 is 40.2 Å². The van der Waals surface area contributed by atoms with E-state index in [1.807, 2.05) is 0 Å². The highest BCUT2D eigenvalue weighted by atomic mass is 16.4. The average Bonchev–Trinajstić information content (AvgIpc) is 2.35. The fourth-order valence-corrected chi connectivity index (χ4v) is 1.77. The molecule has 0 amide bonds. The van der Waals surface area contributed by atoms with Crippen molar-refractivity contribution in [2.75, 3.05) is 13.2 Å². The first-order valence-corrected chi connectivity index (χ1v) is 5.45. The molecule has 0 heterocycles. The van der Waals surface area contributed by atoms with E-state index in [4.69, 9.17) is 15.3 Å². The van der Waals surface area contributed by atoms with Gasteiger partial charge in [0.05, 0.1) is 25.4 Å². The minimum absolute atomic E-state index is 0.638. The van der Waals surface area contributed by atoms with Gasteiger partial charge >= 0.3 is 11.9 Å². The van der Waals surface area contributed by atoms with Crippen LogP contribution in [0.3, 0.4) is 0 Å². The van der Waals surface area contributed by atoms with Crippen LogP contribution in [0.5, 0.6) is 0 Å². The van der Waals surface area contributed by atoms with Crippen LogP contribution in [0.15, 0.2) is 12.2 Å². The lowest BCUT2D eigenvalue weighted by atomic mass is 9.72. The summed E-state index contributed by atoms with van der Waals surface area (Å²) in [5.41, 5.74) is -2.91. The Balaban J connectivity index is 5.53. The van der Waals surface area contributed by atoms with Gasteiger partial charge in [-0.3, -0.25) is 4.79 Å². The third-order valence-electron chi connectivity index (χ3n) is 2.83. The van der Waals surface area contributed by atoms with E-state index < -0.39 is 61.2 Å². The standard InChI is InChI=1S/C11H18O8/c1-6(9(16)17)11(10(18)19,2-7(14)4-12)3-8(15)5-13/h7-8,12-15H,1-5H2,(H,16,17)(H,18,19). The summed E-state index contributed by atoms with van der Waals surface area (Å²) >= 11 is 0. The summed E-state index contributed by atoms with van der Waals surface area (Å²) in [6.07, 6.45) is -4.25. The SMILES string of the molecule is C=C(C(=O)O)C(CC(O)CO)(CC(O)CO)C(=O)O. The molecule has 0 saturated carbocycles. The van der Waals surface area contributed by atoms with Crippen molar-refractivity contribution in [3.63, 3.8) is 0 Å². The number of carbonyl (C=O) groups is 2. The molecule has 0 rings (SSSR count). The smallest absolute Gasteiger partial charge is 0.332 e.